The van der Waals surface area contributed by atoms with Crippen molar-refractivity contribution in [2.75, 3.05) is 13.2 Å². The van der Waals surface area contributed by atoms with Crippen LogP contribution in [0.15, 0.2) is 0 Å². The number of nitrogens with one attached hydrogen (secondary N) is 1. The summed E-state index contributed by atoms with van der Waals surface area (Å²) >= 11 is 0. The van der Waals surface area contributed by atoms with E-state index in [1.165, 1.54) is 11.3 Å². The van der Waals surface area contributed by atoms with Crippen molar-refractivity contribution in [3.05, 3.63) is 17.0 Å². The smallest absolute Gasteiger partial charge is 0.0644 e. The molecular formula is C12H23N3O. The van der Waals surface area contributed by atoms with Crippen LogP contribution < -0.4 is 5.32 Å². The van der Waals surface area contributed by atoms with Crippen LogP contribution in [0.4, 0.5) is 0 Å². The van der Waals surface area contributed by atoms with Crippen molar-refractivity contribution in [2.45, 2.75) is 39.7 Å². The lowest BCUT2D eigenvalue weighted by Gasteiger charge is -2.14. The number of hydrogen-bond donors (Lipinski definition) is 2. The quantitative estimate of drug-likeness (QED) is 0.721. The molecule has 0 spiro atoms. The lowest BCUT2D eigenvalue weighted by atomic mass is 10.1. The average molecular weight is 225 g/mol. The number of rotatable bonds is 6. The zero-order valence-corrected chi connectivity index (χ0v) is 10.7. The van der Waals surface area contributed by atoms with Crippen molar-refractivity contribution < 1.29 is 5.11 Å². The molecule has 1 aromatic heterocycles. The summed E-state index contributed by atoms with van der Waals surface area (Å²) < 4.78 is 1.93. The summed E-state index contributed by atoms with van der Waals surface area (Å²) in [7, 11) is 1.98. The highest BCUT2D eigenvalue weighted by Crippen LogP contribution is 2.20. The van der Waals surface area contributed by atoms with Crippen LogP contribution in [-0.4, -0.2) is 28.0 Å². The fourth-order valence-corrected chi connectivity index (χ4v) is 2.07. The van der Waals surface area contributed by atoms with Crippen molar-refractivity contribution in [3.8, 4) is 0 Å². The molecule has 1 aromatic rings. The Morgan fingerprint density at radius 2 is 2.06 bits per heavy atom. The average Bonchev–Trinajstić information content (AvgIpc) is 2.48. The Balaban J connectivity index is 2.55. The zero-order valence-electron chi connectivity index (χ0n) is 10.7. The molecule has 0 aliphatic carbocycles. The van der Waals surface area contributed by atoms with Crippen LogP contribution in [0.25, 0.3) is 0 Å². The summed E-state index contributed by atoms with van der Waals surface area (Å²) in [4.78, 5) is 0. The second-order valence-electron chi connectivity index (χ2n) is 4.31. The van der Waals surface area contributed by atoms with E-state index in [2.05, 4.69) is 24.3 Å². The van der Waals surface area contributed by atoms with Gasteiger partial charge in [-0.2, -0.15) is 5.10 Å². The molecular weight excluding hydrogens is 202 g/mol. The van der Waals surface area contributed by atoms with Crippen molar-refractivity contribution in [1.82, 2.24) is 15.1 Å². The first-order valence-electron chi connectivity index (χ1n) is 5.92. The molecule has 4 heteroatoms. The van der Waals surface area contributed by atoms with Crippen LogP contribution in [-0.2, 0) is 7.05 Å². The van der Waals surface area contributed by atoms with E-state index in [-0.39, 0.29) is 6.61 Å². The third kappa shape index (κ3) is 3.06. The van der Waals surface area contributed by atoms with Gasteiger partial charge in [0.05, 0.1) is 5.69 Å². The molecule has 0 aromatic carbocycles. The topological polar surface area (TPSA) is 50.1 Å². The SMILES string of the molecule is Cc1nn(C)c(C)c1C(C)NCCCCO. The highest BCUT2D eigenvalue weighted by Gasteiger charge is 2.15. The van der Waals surface area contributed by atoms with E-state index in [0.29, 0.717) is 6.04 Å². The van der Waals surface area contributed by atoms with E-state index in [9.17, 15) is 0 Å². The van der Waals surface area contributed by atoms with Crippen LogP contribution >= 0.6 is 0 Å². The summed E-state index contributed by atoms with van der Waals surface area (Å²) in [6, 6.07) is 0.326. The first-order valence-corrected chi connectivity index (χ1v) is 5.92. The van der Waals surface area contributed by atoms with Gasteiger partial charge in [-0.15, -0.1) is 0 Å². The molecule has 92 valence electrons. The van der Waals surface area contributed by atoms with Gasteiger partial charge in [0, 0.05) is 31.0 Å². The predicted molar refractivity (Wildman–Crippen MR) is 65.4 cm³/mol. The Bertz CT molecular complexity index is 333. The third-order valence-electron chi connectivity index (χ3n) is 3.03. The zero-order chi connectivity index (χ0) is 12.1. The van der Waals surface area contributed by atoms with E-state index in [1.54, 1.807) is 0 Å². The van der Waals surface area contributed by atoms with E-state index in [1.807, 2.05) is 18.7 Å². The third-order valence-corrected chi connectivity index (χ3v) is 3.03. The van der Waals surface area contributed by atoms with E-state index in [4.69, 9.17) is 5.11 Å². The Morgan fingerprint density at radius 3 is 2.56 bits per heavy atom. The Kier molecular flexibility index (Phi) is 4.96. The predicted octanol–water partition coefficient (Wildman–Crippen LogP) is 1.46. The second-order valence-corrected chi connectivity index (χ2v) is 4.31. The van der Waals surface area contributed by atoms with Crippen molar-refractivity contribution in [2.24, 2.45) is 7.05 Å². The van der Waals surface area contributed by atoms with Gasteiger partial charge >= 0.3 is 0 Å². The number of nitrogens with zero attached hydrogens (tertiary/aromatic N) is 2. The largest absolute Gasteiger partial charge is 0.396 e. The molecule has 0 aliphatic heterocycles. The molecule has 0 fully saturated rings. The summed E-state index contributed by atoms with van der Waals surface area (Å²) in [6.07, 6.45) is 1.88. The minimum Gasteiger partial charge on any atom is -0.396 e. The standard InChI is InChI=1S/C12H23N3O/c1-9(13-7-5-6-8-16)12-10(2)14-15(4)11(12)3/h9,13,16H,5-8H2,1-4H3. The number of aromatic nitrogens is 2. The van der Waals surface area contributed by atoms with Gasteiger partial charge in [-0.1, -0.05) is 0 Å². The van der Waals surface area contributed by atoms with Gasteiger partial charge in [0.1, 0.15) is 0 Å². The maximum atomic E-state index is 8.70. The number of aliphatic hydroxyl groups excluding tert-OH is 1. The molecule has 1 heterocycles. The van der Waals surface area contributed by atoms with Crippen LogP contribution in [0.3, 0.4) is 0 Å². The van der Waals surface area contributed by atoms with Gasteiger partial charge in [-0.25, -0.2) is 0 Å². The van der Waals surface area contributed by atoms with E-state index < -0.39 is 0 Å². The van der Waals surface area contributed by atoms with Gasteiger partial charge in [-0.3, -0.25) is 4.68 Å². The summed E-state index contributed by atoms with van der Waals surface area (Å²) in [5, 5.41) is 16.6. The minimum atomic E-state index is 0.279. The maximum Gasteiger partial charge on any atom is 0.0644 e. The van der Waals surface area contributed by atoms with Crippen LogP contribution in [0.1, 0.15) is 42.8 Å². The normalized spacial score (nSPS) is 13.1. The fraction of sp³-hybridized carbons (Fsp3) is 0.750. The molecule has 1 unspecified atom stereocenters. The van der Waals surface area contributed by atoms with Crippen LogP contribution in [0, 0.1) is 13.8 Å². The molecule has 0 saturated heterocycles. The second kappa shape index (κ2) is 6.01. The Labute approximate surface area is 97.7 Å². The molecule has 1 atom stereocenters. The van der Waals surface area contributed by atoms with Gasteiger partial charge in [0.25, 0.3) is 0 Å². The van der Waals surface area contributed by atoms with E-state index >= 15 is 0 Å². The molecule has 4 nitrogen and oxygen atoms in total. The van der Waals surface area contributed by atoms with Gasteiger partial charge < -0.3 is 10.4 Å². The van der Waals surface area contributed by atoms with Gasteiger partial charge in [0.15, 0.2) is 0 Å². The Morgan fingerprint density at radius 1 is 1.38 bits per heavy atom. The monoisotopic (exact) mass is 225 g/mol. The minimum absolute atomic E-state index is 0.279. The highest BCUT2D eigenvalue weighted by atomic mass is 16.2. The van der Waals surface area contributed by atoms with Crippen LogP contribution in [0.5, 0.6) is 0 Å². The van der Waals surface area contributed by atoms with Crippen molar-refractivity contribution in [1.29, 1.82) is 0 Å². The highest BCUT2D eigenvalue weighted by molar-refractivity contribution is 5.27. The first-order chi connectivity index (χ1) is 7.57. The number of hydrogen-bond acceptors (Lipinski definition) is 3. The van der Waals surface area contributed by atoms with E-state index in [0.717, 1.165) is 25.1 Å². The van der Waals surface area contributed by atoms with Gasteiger partial charge in [0.2, 0.25) is 0 Å². The molecule has 0 amide bonds. The molecule has 0 radical (unpaired) electrons. The molecule has 1 rings (SSSR count). The number of aliphatic hydroxyl groups is 1. The molecule has 16 heavy (non-hydrogen) atoms. The number of aryl methyl sites for hydroxylation is 2. The lowest BCUT2D eigenvalue weighted by Crippen LogP contribution is -2.21. The summed E-state index contributed by atoms with van der Waals surface area (Å²) in [5.74, 6) is 0. The maximum absolute atomic E-state index is 8.70. The molecule has 0 saturated carbocycles. The molecule has 2 N–H and O–H groups in total. The number of unbranched alkanes of at least 4 members (excludes halogenated alkanes) is 1. The van der Waals surface area contributed by atoms with Gasteiger partial charge in [-0.05, 0) is 40.2 Å². The first kappa shape index (κ1) is 13.2. The van der Waals surface area contributed by atoms with Crippen LogP contribution in [0.2, 0.25) is 0 Å². The summed E-state index contributed by atoms with van der Waals surface area (Å²) in [5.41, 5.74) is 3.62. The molecule has 0 bridgehead atoms. The molecule has 0 aliphatic rings. The fourth-order valence-electron chi connectivity index (χ4n) is 2.07. The lowest BCUT2D eigenvalue weighted by molar-refractivity contribution is 0.283. The van der Waals surface area contributed by atoms with Crippen molar-refractivity contribution in [3.63, 3.8) is 0 Å². The van der Waals surface area contributed by atoms with Crippen molar-refractivity contribution >= 4 is 0 Å². The summed E-state index contributed by atoms with van der Waals surface area (Å²) in [6.45, 7) is 7.53. The Hall–Kier alpha value is -0.870.